The molecule has 3 rings (SSSR count). The number of ketones is 1. The number of halogens is 3. The second kappa shape index (κ2) is 8.60. The van der Waals surface area contributed by atoms with Crippen LogP contribution in [0.25, 0.3) is 11.3 Å². The zero-order valence-electron chi connectivity index (χ0n) is 14.7. The molecule has 0 unspecified atom stereocenters. The molecule has 0 fully saturated rings. The summed E-state index contributed by atoms with van der Waals surface area (Å²) < 4.78 is 29.9. The van der Waals surface area contributed by atoms with Crippen LogP contribution in [-0.4, -0.2) is 24.5 Å². The molecular weight excluding hydrogens is 410 g/mol. The van der Waals surface area contributed by atoms with E-state index in [1.807, 2.05) is 0 Å². The third kappa shape index (κ3) is 4.11. The number of rotatable bonds is 7. The highest BCUT2D eigenvalue weighted by Crippen LogP contribution is 2.36. The van der Waals surface area contributed by atoms with Crippen LogP contribution in [0.2, 0.25) is 10.0 Å². The molecule has 0 saturated heterocycles. The zero-order valence-corrected chi connectivity index (χ0v) is 16.2. The maximum atomic E-state index is 14.7. The number of anilines is 1. The van der Waals surface area contributed by atoms with Crippen LogP contribution in [0.5, 0.6) is 5.75 Å². The Morgan fingerprint density at radius 3 is 2.79 bits per heavy atom. The van der Waals surface area contributed by atoms with Gasteiger partial charge in [0.05, 0.1) is 47.7 Å². The van der Waals surface area contributed by atoms with Crippen molar-refractivity contribution in [2.45, 2.75) is 6.61 Å². The molecule has 6 nitrogen and oxygen atoms in total. The lowest BCUT2D eigenvalue weighted by molar-refractivity contribution is 0.0721. The predicted octanol–water partition coefficient (Wildman–Crippen LogP) is 4.78. The van der Waals surface area contributed by atoms with Gasteiger partial charge in [-0.15, -0.1) is 0 Å². The molecule has 0 amide bonds. The number of ether oxygens (including phenoxy) is 2. The fraction of sp³-hybridized carbons (Fsp3) is 0.158. The molecule has 0 bridgehead atoms. The number of nitrogens with zero attached hydrogens (tertiary/aromatic N) is 1. The Bertz CT molecular complexity index is 1010. The molecule has 146 valence electrons. The second-order valence-electron chi connectivity index (χ2n) is 5.75. The SMILES string of the molecule is COc1c(Cl)ccc(-c2cc(N)c(Cl)c(C(=O)COCc3ccoc3)n2)c1F. The van der Waals surface area contributed by atoms with Crippen LogP contribution in [0, 0.1) is 5.82 Å². The molecule has 3 aromatic rings. The summed E-state index contributed by atoms with van der Waals surface area (Å²) in [5.41, 5.74) is 6.82. The molecule has 0 saturated carbocycles. The van der Waals surface area contributed by atoms with Crippen LogP contribution in [0.4, 0.5) is 10.1 Å². The highest BCUT2D eigenvalue weighted by Gasteiger charge is 2.21. The third-order valence-corrected chi connectivity index (χ3v) is 4.56. The summed E-state index contributed by atoms with van der Waals surface area (Å²) in [4.78, 5) is 16.7. The lowest BCUT2D eigenvalue weighted by atomic mass is 10.1. The molecule has 0 radical (unpaired) electrons. The summed E-state index contributed by atoms with van der Waals surface area (Å²) in [5, 5.41) is 0.0802. The average molecular weight is 425 g/mol. The van der Waals surface area contributed by atoms with Gasteiger partial charge in [0.2, 0.25) is 5.78 Å². The number of aromatic nitrogens is 1. The molecule has 1 aromatic carbocycles. The van der Waals surface area contributed by atoms with Crippen LogP contribution >= 0.6 is 23.2 Å². The molecular formula is C19H15Cl2FN2O4. The van der Waals surface area contributed by atoms with Gasteiger partial charge in [0, 0.05) is 11.1 Å². The van der Waals surface area contributed by atoms with Crippen LogP contribution < -0.4 is 10.5 Å². The molecule has 0 atom stereocenters. The number of methoxy groups -OCH3 is 1. The first-order valence-electron chi connectivity index (χ1n) is 8.02. The van der Waals surface area contributed by atoms with Gasteiger partial charge in [-0.25, -0.2) is 9.37 Å². The van der Waals surface area contributed by atoms with Gasteiger partial charge in [0.25, 0.3) is 0 Å². The number of furan rings is 1. The maximum absolute atomic E-state index is 14.7. The van der Waals surface area contributed by atoms with Crippen molar-refractivity contribution in [1.82, 2.24) is 4.98 Å². The minimum absolute atomic E-state index is 0.0259. The molecule has 2 N–H and O–H groups in total. The van der Waals surface area contributed by atoms with Gasteiger partial charge < -0.3 is 19.6 Å². The topological polar surface area (TPSA) is 87.6 Å². The minimum Gasteiger partial charge on any atom is -0.492 e. The first-order chi connectivity index (χ1) is 13.4. The van der Waals surface area contributed by atoms with Crippen molar-refractivity contribution in [3.05, 3.63) is 63.9 Å². The highest BCUT2D eigenvalue weighted by atomic mass is 35.5. The Balaban J connectivity index is 1.89. The molecule has 0 aliphatic rings. The minimum atomic E-state index is -0.723. The summed E-state index contributed by atoms with van der Waals surface area (Å²) in [7, 11) is 1.30. The lowest BCUT2D eigenvalue weighted by Gasteiger charge is -2.12. The standard InChI is InChI=1S/C19H15Cl2FN2O4/c1-26-19-12(20)3-2-11(17(19)22)14-6-13(23)16(21)18(24-14)15(25)9-28-8-10-4-5-27-7-10/h2-7H,8-9H2,1H3,(H2,23,24). The Morgan fingerprint density at radius 2 is 2.11 bits per heavy atom. The van der Waals surface area contributed by atoms with E-state index < -0.39 is 11.6 Å². The first kappa shape index (κ1) is 20.1. The zero-order chi connectivity index (χ0) is 20.3. The van der Waals surface area contributed by atoms with Gasteiger partial charge in [-0.2, -0.15) is 0 Å². The monoisotopic (exact) mass is 424 g/mol. The van der Waals surface area contributed by atoms with E-state index in [2.05, 4.69) is 4.98 Å². The van der Waals surface area contributed by atoms with Crippen LogP contribution in [0.1, 0.15) is 16.1 Å². The largest absolute Gasteiger partial charge is 0.492 e. The Hall–Kier alpha value is -2.61. The number of hydrogen-bond acceptors (Lipinski definition) is 6. The fourth-order valence-electron chi connectivity index (χ4n) is 2.49. The summed E-state index contributed by atoms with van der Waals surface area (Å²) >= 11 is 12.0. The van der Waals surface area contributed by atoms with Gasteiger partial charge in [-0.05, 0) is 24.3 Å². The van der Waals surface area contributed by atoms with Crippen molar-refractivity contribution in [1.29, 1.82) is 0 Å². The molecule has 0 aliphatic carbocycles. The molecule has 2 heterocycles. The van der Waals surface area contributed by atoms with Gasteiger partial charge in [-0.1, -0.05) is 23.2 Å². The number of benzene rings is 1. The quantitative estimate of drug-likeness (QED) is 0.549. The third-order valence-electron chi connectivity index (χ3n) is 3.86. The predicted molar refractivity (Wildman–Crippen MR) is 103 cm³/mol. The molecule has 9 heteroatoms. The number of carbonyl (C=O) groups is 1. The van der Waals surface area contributed by atoms with Crippen molar-refractivity contribution in [3.8, 4) is 17.0 Å². The van der Waals surface area contributed by atoms with E-state index in [0.717, 1.165) is 5.56 Å². The lowest BCUT2D eigenvalue weighted by Crippen LogP contribution is -2.13. The van der Waals surface area contributed by atoms with E-state index >= 15 is 0 Å². The van der Waals surface area contributed by atoms with Crippen LogP contribution in [0.3, 0.4) is 0 Å². The van der Waals surface area contributed by atoms with E-state index in [-0.39, 0.29) is 51.6 Å². The number of hydrogen-bond donors (Lipinski definition) is 1. The number of pyridine rings is 1. The maximum Gasteiger partial charge on any atom is 0.208 e. The van der Waals surface area contributed by atoms with Crippen molar-refractivity contribution in [2.75, 3.05) is 19.5 Å². The summed E-state index contributed by atoms with van der Waals surface area (Å²) in [6.07, 6.45) is 3.00. The molecule has 0 spiro atoms. The highest BCUT2D eigenvalue weighted by molar-refractivity contribution is 6.36. The summed E-state index contributed by atoms with van der Waals surface area (Å²) in [6, 6.07) is 5.96. The molecule has 0 aliphatic heterocycles. The first-order valence-corrected chi connectivity index (χ1v) is 8.78. The van der Waals surface area contributed by atoms with E-state index in [1.54, 1.807) is 6.07 Å². The summed E-state index contributed by atoms with van der Waals surface area (Å²) in [5.74, 6) is -1.35. The van der Waals surface area contributed by atoms with E-state index in [4.69, 9.17) is 42.8 Å². The molecule has 2 aromatic heterocycles. The van der Waals surface area contributed by atoms with Crippen molar-refractivity contribution < 1.29 is 23.1 Å². The average Bonchev–Trinajstić information content (AvgIpc) is 3.18. The van der Waals surface area contributed by atoms with Crippen LogP contribution in [0.15, 0.2) is 41.2 Å². The smallest absolute Gasteiger partial charge is 0.208 e. The Labute approximate surface area is 170 Å². The molecule has 28 heavy (non-hydrogen) atoms. The van der Waals surface area contributed by atoms with Crippen molar-refractivity contribution in [3.63, 3.8) is 0 Å². The van der Waals surface area contributed by atoms with Gasteiger partial charge in [0.15, 0.2) is 11.6 Å². The van der Waals surface area contributed by atoms with Gasteiger partial charge >= 0.3 is 0 Å². The Morgan fingerprint density at radius 1 is 1.32 bits per heavy atom. The van der Waals surface area contributed by atoms with E-state index in [1.165, 1.54) is 37.8 Å². The van der Waals surface area contributed by atoms with Crippen molar-refractivity contribution >= 4 is 34.7 Å². The fourth-order valence-corrected chi connectivity index (χ4v) is 2.92. The second-order valence-corrected chi connectivity index (χ2v) is 6.53. The van der Waals surface area contributed by atoms with Crippen molar-refractivity contribution in [2.24, 2.45) is 0 Å². The number of Topliss-reactive ketones (excluding diaryl/α,β-unsaturated/α-hetero) is 1. The summed E-state index contributed by atoms with van der Waals surface area (Å²) in [6.45, 7) is -0.106. The number of nitrogen functional groups attached to an aromatic ring is 1. The van der Waals surface area contributed by atoms with E-state index in [9.17, 15) is 9.18 Å². The van der Waals surface area contributed by atoms with Gasteiger partial charge in [-0.3, -0.25) is 4.79 Å². The van der Waals surface area contributed by atoms with E-state index in [0.29, 0.717) is 0 Å². The van der Waals surface area contributed by atoms with Gasteiger partial charge in [0.1, 0.15) is 12.3 Å². The number of carbonyl (C=O) groups excluding carboxylic acids is 1. The number of nitrogens with two attached hydrogens (primary N) is 1. The van der Waals surface area contributed by atoms with Crippen LogP contribution in [-0.2, 0) is 11.3 Å². The Kier molecular flexibility index (Phi) is 6.18. The normalized spacial score (nSPS) is 10.9.